The van der Waals surface area contributed by atoms with E-state index in [0.29, 0.717) is 65.5 Å². The zero-order valence-electron chi connectivity index (χ0n) is 61.9. The molecule has 111 heavy (non-hydrogen) atoms. The Morgan fingerprint density at radius 3 is 1.49 bits per heavy atom. The third-order valence-corrected chi connectivity index (χ3v) is 19.4. The third kappa shape index (κ3) is 32.1. The summed E-state index contributed by atoms with van der Waals surface area (Å²) in [6.07, 6.45) is 18.2. The van der Waals surface area contributed by atoms with E-state index in [9.17, 15) is 42.3 Å². The minimum atomic E-state index is -0.513. The summed E-state index contributed by atoms with van der Waals surface area (Å²) in [7, 11) is 9.03. The number of hydrogen-bond acceptors (Lipinski definition) is 20. The Morgan fingerprint density at radius 1 is 0.550 bits per heavy atom. The van der Waals surface area contributed by atoms with Gasteiger partial charge in [0.15, 0.2) is 10.3 Å². The number of nitrogens with zero attached hydrogens (tertiary/aromatic N) is 11. The second-order valence-corrected chi connectivity index (χ2v) is 27.3. The predicted molar refractivity (Wildman–Crippen MR) is 426 cm³/mol. The van der Waals surface area contributed by atoms with Gasteiger partial charge in [-0.1, -0.05) is 87.4 Å². The number of anilines is 4. The molecule has 6 aromatic heterocycles. The van der Waals surface area contributed by atoms with E-state index < -0.39 is 17.8 Å². The molecule has 0 radical (unpaired) electrons. The van der Waals surface area contributed by atoms with Crippen molar-refractivity contribution < 1.29 is 201 Å². The quantitative estimate of drug-likeness (QED) is 0.0377. The van der Waals surface area contributed by atoms with Crippen LogP contribution in [0, 0.1) is 17.8 Å². The minimum absolute atomic E-state index is 0. The van der Waals surface area contributed by atoms with Crippen LogP contribution in [0.15, 0.2) is 193 Å². The summed E-state index contributed by atoms with van der Waals surface area (Å²) in [4.78, 5) is 100. The summed E-state index contributed by atoms with van der Waals surface area (Å²) in [5.41, 5.74) is 6.56. The number of piperidine rings is 3. The fourth-order valence-corrected chi connectivity index (χ4v) is 12.9. The van der Waals surface area contributed by atoms with Crippen molar-refractivity contribution in [3.63, 3.8) is 0 Å². The Labute approximate surface area is 782 Å². The number of thiazole rings is 2. The summed E-state index contributed by atoms with van der Waals surface area (Å²) >= 11 is 6.19. The van der Waals surface area contributed by atoms with E-state index in [-0.39, 0.29) is 209 Å². The molecule has 5 aliphatic rings. The molecule has 15 rings (SSSR count). The van der Waals surface area contributed by atoms with Crippen molar-refractivity contribution in [1.29, 1.82) is 0 Å². The average molecular weight is 1860 g/mol. The van der Waals surface area contributed by atoms with E-state index in [1.165, 1.54) is 31.1 Å². The SMILES string of the molecule is C.C.C.CN1CCC(c2cccnc2F)=CC1=O.CN1CCC(c2cccnc2F)CC1=O.CN1CCC(c2cccnc2Oc2ccc(Nc3nc4ccccc4s3)cc2)CC1=O.CN1CCC=CC1=O.CN1CCCCC1=O.Fc1ncccc1Br.O=CO[O-].Oc1ccc(Nc2nc3ccccc3s2)cc1.[Cs+].[Cs+].[H-]. The molecule has 3 saturated heterocycles. The monoisotopic (exact) mass is 1860 g/mol. The number of likely N-dealkylation sites (tertiary alicyclic amines) is 3. The normalized spacial score (nSPS) is 15.2. The number of amides is 5. The third-order valence-electron chi connectivity index (χ3n) is 16.9. The Bertz CT molecular complexity index is 4550. The maximum absolute atomic E-state index is 13.4. The van der Waals surface area contributed by atoms with Crippen molar-refractivity contribution in [2.45, 2.75) is 91.9 Å². The molecule has 10 aromatic rings. The first-order valence-electron chi connectivity index (χ1n) is 33.7. The molecule has 0 aliphatic carbocycles. The van der Waals surface area contributed by atoms with E-state index in [0.717, 1.165) is 105 Å². The number of phenolic OH excluding ortho intramolecular Hbond substituents is 1. The van der Waals surface area contributed by atoms with Crippen LogP contribution in [-0.4, -0.2) is 163 Å². The van der Waals surface area contributed by atoms with Gasteiger partial charge in [0.25, 0.3) is 6.47 Å². The average Bonchev–Trinajstić information content (AvgIpc) is 1.34. The number of halogens is 4. The van der Waals surface area contributed by atoms with Crippen LogP contribution in [0.4, 0.5) is 34.8 Å². The second-order valence-electron chi connectivity index (χ2n) is 24.4. The van der Waals surface area contributed by atoms with Gasteiger partial charge in [0.05, 0.1) is 24.9 Å². The van der Waals surface area contributed by atoms with Gasteiger partial charge in [-0.15, -0.1) is 0 Å². The molecule has 5 aliphatic heterocycles. The molecule has 31 heteroatoms. The number of benzene rings is 4. The van der Waals surface area contributed by atoms with Gasteiger partial charge in [-0.3, -0.25) is 28.8 Å². The molecule has 0 bridgehead atoms. The van der Waals surface area contributed by atoms with Crippen LogP contribution in [0.5, 0.6) is 17.4 Å². The number of likely N-dealkylation sites (N-methyl/N-ethyl adjacent to an activating group) is 2. The molecule has 4 aromatic carbocycles. The smallest absolute Gasteiger partial charge is 1.00 e. The standard InChI is InChI=1S/C24H22N4O2S.C13H10N2OS.C11H13FN2O.C11H11FN2O.C6H11NO.C6H9NO.C5H3BrFN.CH2O3.3CH4.2Cs.H/c1-28-14-12-16(15-22(28)29)19-5-4-13-25-23(19)30-18-10-8-17(9-11-18)26-24-27-20-6-2-3-7-21(20)31-24;16-10-7-5-9(6-8-10)14-13-15-11-3-1-2-4-12(11)17-13;2*1-14-6-4-8(7-10(14)15)9-3-2-5-13-11(9)12;2*1-7-5-3-2-4-6(7)8;6-4-2-1-3-8-5(4)7;2-1-4-3;;;;;;/h2-11,13,16H,12,14-15H2,1H3,(H,26,27);1-8,16H,(H,14,15);2-3,5,8H,4,6-7H2,1H3;2-3,5,7H,4,6H2,1H3;2-5H2,1H3;2,4H,3,5H2,1H3;1-3H;1,3H;3*1H4;;;/q;;;;;;;;;;;2*+1;-1/p-1. The molecule has 580 valence electrons. The molecule has 0 saturated carbocycles. The number of fused-ring (bicyclic) bond motifs is 2. The molecule has 2 unspecified atom stereocenters. The van der Waals surface area contributed by atoms with Crippen LogP contribution >= 0.6 is 38.6 Å². The summed E-state index contributed by atoms with van der Waals surface area (Å²) in [6.45, 7) is 3.72. The van der Waals surface area contributed by atoms with Crippen molar-refractivity contribution in [3.05, 3.63) is 228 Å². The van der Waals surface area contributed by atoms with Gasteiger partial charge < -0.3 is 56.5 Å². The van der Waals surface area contributed by atoms with Crippen molar-refractivity contribution in [1.82, 2.24) is 54.4 Å². The minimum Gasteiger partial charge on any atom is -1.00 e. The predicted octanol–water partition coefficient (Wildman–Crippen LogP) is 9.81. The molecular formula is C80H93BrCs2F3N13O10S2. The van der Waals surface area contributed by atoms with E-state index in [1.807, 2.05) is 112 Å². The van der Waals surface area contributed by atoms with Gasteiger partial charge in [-0.2, -0.15) is 13.2 Å². The van der Waals surface area contributed by atoms with E-state index >= 15 is 0 Å². The van der Waals surface area contributed by atoms with Gasteiger partial charge in [-0.25, -0.2) is 29.9 Å². The number of carbonyl (C=O) groups is 6. The zero-order chi connectivity index (χ0) is 75.9. The molecule has 3 fully saturated rings. The number of nitrogens with one attached hydrogen (secondary N) is 2. The second kappa shape index (κ2) is 51.8. The largest absolute Gasteiger partial charge is 1.00 e. The van der Waals surface area contributed by atoms with E-state index in [4.69, 9.17) is 14.8 Å². The Kier molecular flexibility index (Phi) is 45.8. The molecule has 2 atom stereocenters. The number of carbonyl (C=O) groups excluding carboxylic acids is 6. The Balaban J connectivity index is 0.000000460. The van der Waals surface area contributed by atoms with Crippen LogP contribution in [0.25, 0.3) is 26.0 Å². The van der Waals surface area contributed by atoms with Crippen LogP contribution in [-0.2, 0) is 33.7 Å². The molecule has 0 spiro atoms. The number of pyridine rings is 4. The van der Waals surface area contributed by atoms with Gasteiger partial charge in [0.1, 0.15) is 11.5 Å². The first-order chi connectivity index (χ1) is 51.2. The van der Waals surface area contributed by atoms with Gasteiger partial charge in [0.2, 0.25) is 53.3 Å². The zero-order valence-corrected chi connectivity index (χ0v) is 76.7. The molecule has 5 amide bonds. The van der Waals surface area contributed by atoms with Gasteiger partial charge in [-0.05, 0) is 187 Å². The number of para-hydroxylation sites is 2. The first kappa shape index (κ1) is 98.3. The number of rotatable bonds is 10. The molecular weight excluding hydrogens is 1770 g/mol. The number of phenols is 1. The van der Waals surface area contributed by atoms with Crippen molar-refractivity contribution in [2.24, 2.45) is 0 Å². The van der Waals surface area contributed by atoms with Crippen molar-refractivity contribution >= 4 is 122 Å². The summed E-state index contributed by atoms with van der Waals surface area (Å²) in [5, 5.41) is 25.9. The molecule has 3 N–H and O–H groups in total. The number of aromatic hydroxyl groups is 1. The fourth-order valence-electron chi connectivity index (χ4n) is 10.8. The van der Waals surface area contributed by atoms with Crippen molar-refractivity contribution in [3.8, 4) is 17.4 Å². The first-order valence-corrected chi connectivity index (χ1v) is 36.1. The summed E-state index contributed by atoms with van der Waals surface area (Å²) < 4.78 is 47.7. The number of ether oxygens (including phenoxy) is 1. The van der Waals surface area contributed by atoms with Crippen LogP contribution in [0.2, 0.25) is 0 Å². The number of aromatic nitrogens is 6. The summed E-state index contributed by atoms with van der Waals surface area (Å²) in [5.74, 6) is 0.812. The maximum Gasteiger partial charge on any atom is 1.00 e. The Hall–Kier alpha value is -6.91. The Morgan fingerprint density at radius 2 is 1.04 bits per heavy atom. The van der Waals surface area contributed by atoms with Crippen LogP contribution in [0.1, 0.15) is 110 Å². The summed E-state index contributed by atoms with van der Waals surface area (Å²) in [6, 6.07) is 44.7. The van der Waals surface area contributed by atoms with E-state index in [2.05, 4.69) is 73.5 Å². The van der Waals surface area contributed by atoms with Crippen molar-refractivity contribution in [2.75, 3.05) is 78.6 Å². The number of hydrogen-bond donors (Lipinski definition) is 3. The van der Waals surface area contributed by atoms with Gasteiger partial charge in [0, 0.05) is 146 Å². The van der Waals surface area contributed by atoms with Gasteiger partial charge >= 0.3 is 138 Å². The topological polar surface area (TPSA) is 282 Å². The van der Waals surface area contributed by atoms with Crippen LogP contribution in [0.3, 0.4) is 0 Å². The molecule has 23 nitrogen and oxygen atoms in total. The van der Waals surface area contributed by atoms with Crippen LogP contribution < -0.4 is 158 Å². The maximum atomic E-state index is 13.4. The van der Waals surface area contributed by atoms with E-state index in [1.54, 1.807) is 122 Å². The molecule has 11 heterocycles. The fraction of sp³-hybridized carbons (Fsp3) is 0.300.